The van der Waals surface area contributed by atoms with Crippen LogP contribution in [0.1, 0.15) is 56.6 Å². The molecule has 23 heavy (non-hydrogen) atoms. The zero-order chi connectivity index (χ0) is 16.8. The molecule has 1 atom stereocenters. The highest BCUT2D eigenvalue weighted by Gasteiger charge is 2.16. The number of ketones is 1. The highest BCUT2D eigenvalue weighted by atomic mass is 16.5. The molecule has 1 aliphatic rings. The van der Waals surface area contributed by atoms with Crippen molar-refractivity contribution in [1.82, 2.24) is 0 Å². The van der Waals surface area contributed by atoms with Crippen molar-refractivity contribution in [1.29, 1.82) is 0 Å². The number of aromatic hydroxyl groups is 2. The zero-order valence-electron chi connectivity index (χ0n) is 13.5. The van der Waals surface area contributed by atoms with E-state index in [4.69, 9.17) is 4.74 Å². The Bertz CT molecular complexity index is 616. The van der Waals surface area contributed by atoms with E-state index in [9.17, 15) is 15.0 Å². The Kier molecular flexibility index (Phi) is 5.85. The standard InChI is InChI=1S/C19H24O4/c1-13-7-6-10-16(20)9-5-3-4-8-15-11-17(21)12-18(22)19(15)14(2)23-13/h4,8,11-13,21-22H,2-3,5-7,9-10H2,1H3/b8-4+/t13-/m0/s1. The fourth-order valence-electron chi connectivity index (χ4n) is 2.77. The van der Waals surface area contributed by atoms with E-state index in [2.05, 4.69) is 6.58 Å². The summed E-state index contributed by atoms with van der Waals surface area (Å²) in [6.45, 7) is 5.84. The first-order valence-corrected chi connectivity index (χ1v) is 8.07. The lowest BCUT2D eigenvalue weighted by atomic mass is 10.0. The van der Waals surface area contributed by atoms with Crippen molar-refractivity contribution < 1.29 is 19.7 Å². The number of hydrogen-bond donors (Lipinski definition) is 2. The summed E-state index contributed by atoms with van der Waals surface area (Å²) in [4.78, 5) is 11.8. The SMILES string of the molecule is C=C1O[C@@H](C)CCCC(=O)CCC/C=C/c2cc(O)cc(O)c21. The summed E-state index contributed by atoms with van der Waals surface area (Å²) in [6.07, 6.45) is 7.96. The lowest BCUT2D eigenvalue weighted by molar-refractivity contribution is -0.119. The number of benzene rings is 1. The first kappa shape index (κ1) is 17.1. The van der Waals surface area contributed by atoms with Gasteiger partial charge in [0.05, 0.1) is 11.7 Å². The summed E-state index contributed by atoms with van der Waals surface area (Å²) >= 11 is 0. The molecule has 0 bridgehead atoms. The largest absolute Gasteiger partial charge is 0.508 e. The van der Waals surface area contributed by atoms with Crippen LogP contribution in [-0.4, -0.2) is 22.1 Å². The molecule has 0 spiro atoms. The molecule has 4 heteroatoms. The molecular weight excluding hydrogens is 292 g/mol. The quantitative estimate of drug-likeness (QED) is 0.744. The fourth-order valence-corrected chi connectivity index (χ4v) is 2.77. The number of rotatable bonds is 0. The van der Waals surface area contributed by atoms with E-state index < -0.39 is 0 Å². The lowest BCUT2D eigenvalue weighted by Crippen LogP contribution is -2.09. The monoisotopic (exact) mass is 316 g/mol. The van der Waals surface area contributed by atoms with Crippen molar-refractivity contribution in [3.05, 3.63) is 35.9 Å². The summed E-state index contributed by atoms with van der Waals surface area (Å²) in [5, 5.41) is 19.9. The number of fused-ring (bicyclic) bond motifs is 1. The number of Topliss-reactive ketones (excluding diaryl/α,β-unsaturated/α-hetero) is 1. The molecule has 0 saturated carbocycles. The van der Waals surface area contributed by atoms with Gasteiger partial charge < -0.3 is 14.9 Å². The third kappa shape index (κ3) is 4.88. The topological polar surface area (TPSA) is 66.8 Å². The van der Waals surface area contributed by atoms with Crippen molar-refractivity contribution in [2.75, 3.05) is 0 Å². The zero-order valence-corrected chi connectivity index (χ0v) is 13.5. The third-order valence-corrected chi connectivity index (χ3v) is 3.95. The van der Waals surface area contributed by atoms with E-state index in [1.54, 1.807) is 6.07 Å². The van der Waals surface area contributed by atoms with Crippen LogP contribution >= 0.6 is 0 Å². The van der Waals surface area contributed by atoms with E-state index in [0.717, 1.165) is 25.7 Å². The van der Waals surface area contributed by atoms with Gasteiger partial charge in [0.2, 0.25) is 0 Å². The predicted molar refractivity (Wildman–Crippen MR) is 91.1 cm³/mol. The van der Waals surface area contributed by atoms with Crippen LogP contribution in [0, 0.1) is 0 Å². The summed E-state index contributed by atoms with van der Waals surface area (Å²) in [5.41, 5.74) is 1.15. The van der Waals surface area contributed by atoms with Gasteiger partial charge in [-0.3, -0.25) is 4.79 Å². The van der Waals surface area contributed by atoms with Crippen molar-refractivity contribution >= 4 is 17.6 Å². The van der Waals surface area contributed by atoms with Gasteiger partial charge >= 0.3 is 0 Å². The number of phenols is 2. The first-order chi connectivity index (χ1) is 11.0. The average Bonchev–Trinajstić information content (AvgIpc) is 2.45. The van der Waals surface area contributed by atoms with Crippen LogP contribution in [0.15, 0.2) is 24.8 Å². The molecule has 0 aliphatic carbocycles. The van der Waals surface area contributed by atoms with E-state index in [0.29, 0.717) is 29.7 Å². The highest BCUT2D eigenvalue weighted by Crippen LogP contribution is 2.34. The molecule has 0 aromatic heterocycles. The predicted octanol–water partition coefficient (Wildman–Crippen LogP) is 4.41. The third-order valence-electron chi connectivity index (χ3n) is 3.95. The van der Waals surface area contributed by atoms with Crippen molar-refractivity contribution in [3.63, 3.8) is 0 Å². The summed E-state index contributed by atoms with van der Waals surface area (Å²) in [5.74, 6) is 0.599. The number of phenolic OH excluding ortho intramolecular Hbond substituents is 2. The number of carbonyl (C=O) groups is 1. The molecule has 0 saturated heterocycles. The fraction of sp³-hybridized carbons (Fsp3) is 0.421. The number of carbonyl (C=O) groups excluding carboxylic acids is 1. The van der Waals surface area contributed by atoms with Gasteiger partial charge in [-0.2, -0.15) is 0 Å². The van der Waals surface area contributed by atoms with Crippen LogP contribution in [0.5, 0.6) is 11.5 Å². The minimum Gasteiger partial charge on any atom is -0.508 e. The molecule has 0 amide bonds. The maximum absolute atomic E-state index is 11.8. The Labute approximate surface area is 137 Å². The Morgan fingerprint density at radius 2 is 1.96 bits per heavy atom. The molecule has 0 unspecified atom stereocenters. The second kappa shape index (κ2) is 7.86. The minimum atomic E-state index is -0.0942. The van der Waals surface area contributed by atoms with E-state index in [1.807, 2.05) is 19.1 Å². The van der Waals surface area contributed by atoms with Gasteiger partial charge in [-0.25, -0.2) is 0 Å². The average molecular weight is 316 g/mol. The summed E-state index contributed by atoms with van der Waals surface area (Å²) < 4.78 is 5.80. The number of hydrogen-bond acceptors (Lipinski definition) is 4. The maximum atomic E-state index is 11.8. The van der Waals surface area contributed by atoms with Gasteiger partial charge in [-0.05, 0) is 44.2 Å². The van der Waals surface area contributed by atoms with E-state index in [1.165, 1.54) is 6.07 Å². The van der Waals surface area contributed by atoms with Gasteiger partial charge in [0, 0.05) is 18.9 Å². The van der Waals surface area contributed by atoms with Crippen molar-refractivity contribution in [2.45, 2.75) is 51.6 Å². The number of allylic oxidation sites excluding steroid dienone is 1. The summed E-state index contributed by atoms with van der Waals surface area (Å²) in [7, 11) is 0. The normalized spacial score (nSPS) is 21.9. The molecule has 0 radical (unpaired) electrons. The maximum Gasteiger partial charge on any atom is 0.132 e. The summed E-state index contributed by atoms with van der Waals surface area (Å²) in [6, 6.07) is 2.86. The van der Waals surface area contributed by atoms with Crippen molar-refractivity contribution in [3.8, 4) is 11.5 Å². The Balaban J connectivity index is 2.32. The van der Waals surface area contributed by atoms with Crippen LogP contribution < -0.4 is 0 Å². The Morgan fingerprint density at radius 1 is 1.22 bits per heavy atom. The molecule has 4 nitrogen and oxygen atoms in total. The molecule has 124 valence electrons. The minimum absolute atomic E-state index is 0.0111. The van der Waals surface area contributed by atoms with Gasteiger partial charge in [0.15, 0.2) is 0 Å². The van der Waals surface area contributed by atoms with Crippen LogP contribution in [0.25, 0.3) is 11.8 Å². The van der Waals surface area contributed by atoms with Gasteiger partial charge in [-0.15, -0.1) is 0 Å². The second-order valence-corrected chi connectivity index (χ2v) is 6.01. The van der Waals surface area contributed by atoms with Crippen LogP contribution in [0.4, 0.5) is 0 Å². The van der Waals surface area contributed by atoms with Gasteiger partial charge in [-0.1, -0.05) is 18.7 Å². The van der Waals surface area contributed by atoms with Crippen LogP contribution in [0.3, 0.4) is 0 Å². The lowest BCUT2D eigenvalue weighted by Gasteiger charge is -2.19. The Hall–Kier alpha value is -2.23. The van der Waals surface area contributed by atoms with Gasteiger partial charge in [0.1, 0.15) is 23.0 Å². The molecule has 1 aliphatic heterocycles. The second-order valence-electron chi connectivity index (χ2n) is 6.01. The molecule has 1 heterocycles. The smallest absolute Gasteiger partial charge is 0.132 e. The van der Waals surface area contributed by atoms with E-state index in [-0.39, 0.29) is 23.4 Å². The molecule has 2 N–H and O–H groups in total. The van der Waals surface area contributed by atoms with E-state index >= 15 is 0 Å². The highest BCUT2D eigenvalue weighted by molar-refractivity contribution is 5.78. The van der Waals surface area contributed by atoms with Crippen molar-refractivity contribution in [2.24, 2.45) is 0 Å². The van der Waals surface area contributed by atoms with Crippen LogP contribution in [0.2, 0.25) is 0 Å². The Morgan fingerprint density at radius 3 is 2.74 bits per heavy atom. The first-order valence-electron chi connectivity index (χ1n) is 8.07. The number of ether oxygens (including phenoxy) is 1. The molecule has 1 aromatic rings. The molecule has 1 aromatic carbocycles. The molecule has 2 rings (SSSR count). The molecular formula is C19H24O4. The van der Waals surface area contributed by atoms with Gasteiger partial charge in [0.25, 0.3) is 0 Å². The molecule has 0 fully saturated rings. The van der Waals surface area contributed by atoms with Crippen LogP contribution in [-0.2, 0) is 9.53 Å².